The zero-order valence-corrected chi connectivity index (χ0v) is 20.3. The van der Waals surface area contributed by atoms with Gasteiger partial charge in [-0.1, -0.05) is 28.1 Å². The zero-order chi connectivity index (χ0) is 24.7. The summed E-state index contributed by atoms with van der Waals surface area (Å²) in [6.45, 7) is 0.120. The van der Waals surface area contributed by atoms with Crippen molar-refractivity contribution in [1.29, 1.82) is 0 Å². The molecule has 0 atom stereocenters. The fourth-order valence-corrected chi connectivity index (χ4v) is 4.36. The van der Waals surface area contributed by atoms with Crippen molar-refractivity contribution in [3.8, 4) is 22.6 Å². The van der Waals surface area contributed by atoms with E-state index < -0.39 is 0 Å². The molecule has 0 aliphatic carbocycles. The number of benzene rings is 3. The van der Waals surface area contributed by atoms with Crippen molar-refractivity contribution in [2.75, 3.05) is 11.5 Å². The first-order valence-corrected chi connectivity index (χ1v) is 11.5. The van der Waals surface area contributed by atoms with Crippen molar-refractivity contribution >= 4 is 38.5 Å². The Morgan fingerprint density at radius 2 is 1.77 bits per heavy atom. The van der Waals surface area contributed by atoms with Crippen molar-refractivity contribution in [3.05, 3.63) is 99.3 Å². The quantitative estimate of drug-likeness (QED) is 0.298. The molecule has 0 aliphatic rings. The Morgan fingerprint density at radius 3 is 2.54 bits per heavy atom. The second kappa shape index (κ2) is 8.92. The highest BCUT2D eigenvalue weighted by molar-refractivity contribution is 9.10. The van der Waals surface area contributed by atoms with Gasteiger partial charge in [0.05, 0.1) is 17.6 Å². The molecule has 0 aliphatic heterocycles. The van der Waals surface area contributed by atoms with E-state index in [0.29, 0.717) is 44.1 Å². The number of rotatable bonds is 5. The zero-order valence-electron chi connectivity index (χ0n) is 18.7. The molecule has 0 bridgehead atoms. The third-order valence-corrected chi connectivity index (χ3v) is 6.31. The summed E-state index contributed by atoms with van der Waals surface area (Å²) in [5, 5.41) is 0. The Hall–Kier alpha value is -4.11. The maximum atomic E-state index is 14.4. The fraction of sp³-hybridized carbons (Fsp3) is 0.0769. The van der Waals surface area contributed by atoms with E-state index in [-0.39, 0.29) is 18.1 Å². The summed E-state index contributed by atoms with van der Waals surface area (Å²) in [5.41, 5.74) is 15.7. The van der Waals surface area contributed by atoms with Gasteiger partial charge in [0.25, 0.3) is 0 Å². The topological polar surface area (TPSA) is 101 Å². The number of imidazole rings is 1. The van der Waals surface area contributed by atoms with Crippen LogP contribution in [0.2, 0.25) is 0 Å². The summed E-state index contributed by atoms with van der Waals surface area (Å²) < 4.78 is 24.1. The van der Waals surface area contributed by atoms with Crippen LogP contribution in [-0.2, 0) is 13.6 Å². The molecule has 4 N–H and O–H groups in total. The molecule has 35 heavy (non-hydrogen) atoms. The van der Waals surface area contributed by atoms with Crippen molar-refractivity contribution in [2.45, 2.75) is 6.54 Å². The predicted molar refractivity (Wildman–Crippen MR) is 139 cm³/mol. The van der Waals surface area contributed by atoms with Crippen LogP contribution in [0.1, 0.15) is 5.56 Å². The average Bonchev–Trinajstić information content (AvgIpc) is 3.06. The van der Waals surface area contributed by atoms with Crippen LogP contribution in [0.4, 0.5) is 15.9 Å². The number of pyridine rings is 1. The molecule has 9 heteroatoms. The summed E-state index contributed by atoms with van der Waals surface area (Å²) in [5.74, 6) is 1.12. The lowest BCUT2D eigenvalue weighted by Crippen LogP contribution is -2.23. The summed E-state index contributed by atoms with van der Waals surface area (Å²) in [7, 11) is 1.69. The Labute approximate surface area is 208 Å². The van der Waals surface area contributed by atoms with Crippen LogP contribution >= 0.6 is 15.9 Å². The number of nitrogens with zero attached hydrogens (tertiary/aromatic N) is 3. The van der Waals surface area contributed by atoms with Crippen LogP contribution in [-0.4, -0.2) is 14.1 Å². The van der Waals surface area contributed by atoms with E-state index >= 15 is 0 Å². The first-order chi connectivity index (χ1) is 16.8. The summed E-state index contributed by atoms with van der Waals surface area (Å²) in [6.07, 6.45) is 1.57. The van der Waals surface area contributed by atoms with Crippen LogP contribution in [0.5, 0.6) is 11.5 Å². The molecule has 0 amide bonds. The van der Waals surface area contributed by atoms with Gasteiger partial charge in [-0.2, -0.15) is 0 Å². The van der Waals surface area contributed by atoms with Crippen LogP contribution in [0.25, 0.3) is 22.2 Å². The lowest BCUT2D eigenvalue weighted by Gasteiger charge is -2.11. The summed E-state index contributed by atoms with van der Waals surface area (Å²) in [6, 6.07) is 19.2. The molecule has 0 spiro atoms. The highest BCUT2D eigenvalue weighted by Crippen LogP contribution is 2.34. The Kier molecular flexibility index (Phi) is 5.78. The van der Waals surface area contributed by atoms with Crippen LogP contribution in [0, 0.1) is 5.82 Å². The molecular weight excluding hydrogens is 513 g/mol. The second-order valence-electron chi connectivity index (χ2n) is 8.13. The van der Waals surface area contributed by atoms with Crippen molar-refractivity contribution in [3.63, 3.8) is 0 Å². The molecular formula is C26H21BrFN5O2. The van der Waals surface area contributed by atoms with Gasteiger partial charge in [0.2, 0.25) is 0 Å². The molecule has 0 radical (unpaired) electrons. The third kappa shape index (κ3) is 4.38. The fourth-order valence-electron chi connectivity index (χ4n) is 4.02. The lowest BCUT2D eigenvalue weighted by atomic mass is 10.0. The normalized spacial score (nSPS) is 11.2. The van der Waals surface area contributed by atoms with E-state index in [0.717, 1.165) is 11.1 Å². The van der Waals surface area contributed by atoms with Gasteiger partial charge in [-0.15, -0.1) is 0 Å². The lowest BCUT2D eigenvalue weighted by molar-refractivity contribution is 0.482. The van der Waals surface area contributed by atoms with Gasteiger partial charge in [0, 0.05) is 40.6 Å². The van der Waals surface area contributed by atoms with Gasteiger partial charge >= 0.3 is 5.69 Å². The molecule has 5 aromatic rings. The minimum Gasteiger partial charge on any atom is -0.457 e. The van der Waals surface area contributed by atoms with E-state index in [1.54, 1.807) is 58.8 Å². The predicted octanol–water partition coefficient (Wildman–Crippen LogP) is 5.31. The maximum Gasteiger partial charge on any atom is 0.329 e. The van der Waals surface area contributed by atoms with Gasteiger partial charge in [-0.25, -0.2) is 14.2 Å². The number of nitrogens with two attached hydrogens (primary N) is 2. The highest BCUT2D eigenvalue weighted by atomic mass is 79.9. The van der Waals surface area contributed by atoms with Gasteiger partial charge in [-0.05, 0) is 54.1 Å². The van der Waals surface area contributed by atoms with E-state index in [2.05, 4.69) is 20.9 Å². The minimum absolute atomic E-state index is 0.120. The number of nitrogen functional groups attached to an aromatic ring is 2. The van der Waals surface area contributed by atoms with E-state index in [1.165, 1.54) is 6.07 Å². The molecule has 2 aromatic heterocycles. The van der Waals surface area contributed by atoms with Gasteiger partial charge in [-0.3, -0.25) is 9.13 Å². The largest absolute Gasteiger partial charge is 0.457 e. The Bertz CT molecular complexity index is 1640. The summed E-state index contributed by atoms with van der Waals surface area (Å²) in [4.78, 5) is 17.0. The molecule has 5 rings (SSSR count). The smallest absolute Gasteiger partial charge is 0.329 e. The number of anilines is 2. The number of fused-ring (bicyclic) bond motifs is 1. The SMILES string of the molecule is Cn1c(=O)n(Cc2ccc(Br)cc2F)c2ccc(-c3cc(Oc4ccnc(N)c4)ccc3N)cc21. The van der Waals surface area contributed by atoms with Crippen molar-refractivity contribution in [1.82, 2.24) is 14.1 Å². The molecule has 176 valence electrons. The molecule has 0 fully saturated rings. The number of halogens is 2. The van der Waals surface area contributed by atoms with Crippen LogP contribution in [0.3, 0.4) is 0 Å². The monoisotopic (exact) mass is 533 g/mol. The molecule has 7 nitrogen and oxygen atoms in total. The number of aromatic nitrogens is 3. The second-order valence-corrected chi connectivity index (χ2v) is 9.05. The average molecular weight is 534 g/mol. The first-order valence-electron chi connectivity index (χ1n) is 10.7. The Balaban J connectivity index is 1.54. The molecule has 3 aromatic carbocycles. The van der Waals surface area contributed by atoms with Gasteiger partial charge in [0.15, 0.2) is 0 Å². The maximum absolute atomic E-state index is 14.4. The van der Waals surface area contributed by atoms with Gasteiger partial charge in [0.1, 0.15) is 23.1 Å². The molecule has 0 saturated carbocycles. The van der Waals surface area contributed by atoms with Crippen molar-refractivity contribution in [2.24, 2.45) is 7.05 Å². The van der Waals surface area contributed by atoms with E-state index in [9.17, 15) is 9.18 Å². The molecule has 0 saturated heterocycles. The molecule has 2 heterocycles. The number of ether oxygens (including phenoxy) is 1. The summed E-state index contributed by atoms with van der Waals surface area (Å²) >= 11 is 3.26. The van der Waals surface area contributed by atoms with E-state index in [4.69, 9.17) is 16.2 Å². The number of hydrogen-bond acceptors (Lipinski definition) is 5. The number of aryl methyl sites for hydroxylation is 1. The Morgan fingerprint density at radius 1 is 0.971 bits per heavy atom. The first kappa shape index (κ1) is 22.7. The third-order valence-electron chi connectivity index (χ3n) is 5.81. The van der Waals surface area contributed by atoms with Crippen LogP contribution < -0.4 is 21.9 Å². The number of hydrogen-bond donors (Lipinski definition) is 2. The highest BCUT2D eigenvalue weighted by Gasteiger charge is 2.15. The molecule has 0 unspecified atom stereocenters. The van der Waals surface area contributed by atoms with Gasteiger partial charge < -0.3 is 16.2 Å². The van der Waals surface area contributed by atoms with Crippen molar-refractivity contribution < 1.29 is 9.13 Å². The standard InChI is InChI=1S/C26H21BrFN5O2/c1-32-24-10-15(20-12-18(5-6-22(20)29)35-19-8-9-31-25(30)13-19)3-7-23(24)33(26(32)34)14-16-2-4-17(27)11-21(16)28/h2-13H,14,29H2,1H3,(H2,30,31). The van der Waals surface area contributed by atoms with E-state index in [1.807, 2.05) is 24.3 Å². The van der Waals surface area contributed by atoms with Crippen LogP contribution in [0.15, 0.2) is 82.2 Å². The minimum atomic E-state index is -0.375.